The van der Waals surface area contributed by atoms with Crippen molar-refractivity contribution in [3.63, 3.8) is 0 Å². The van der Waals surface area contributed by atoms with Crippen LogP contribution in [0.1, 0.15) is 34.6 Å². The van der Waals surface area contributed by atoms with Crippen LogP contribution in [0.15, 0.2) is 22.8 Å². The number of amides is 1. The van der Waals surface area contributed by atoms with Crippen LogP contribution in [0.25, 0.3) is 0 Å². The smallest absolute Gasteiger partial charge is 0.231 e. The largest absolute Gasteiger partial charge is 0.454 e. The molecule has 8 nitrogen and oxygen atoms in total. The summed E-state index contributed by atoms with van der Waals surface area (Å²) in [5, 5.41) is 7.45. The van der Waals surface area contributed by atoms with E-state index in [0.29, 0.717) is 41.5 Å². The van der Waals surface area contributed by atoms with Gasteiger partial charge in [-0.15, -0.1) is 0 Å². The van der Waals surface area contributed by atoms with Crippen molar-refractivity contribution < 1.29 is 23.7 Å². The molecule has 4 rings (SSSR count). The van der Waals surface area contributed by atoms with Crippen LogP contribution in [0.2, 0.25) is 0 Å². The second-order valence-corrected chi connectivity index (χ2v) is 6.58. The average molecular weight is 357 g/mol. The van der Waals surface area contributed by atoms with Crippen molar-refractivity contribution in [2.45, 2.75) is 26.2 Å². The van der Waals surface area contributed by atoms with Crippen molar-refractivity contribution in [3.8, 4) is 11.5 Å². The predicted molar refractivity (Wildman–Crippen MR) is 88.9 cm³/mol. The molecule has 26 heavy (non-hydrogen) atoms. The molecule has 8 heteroatoms. The summed E-state index contributed by atoms with van der Waals surface area (Å²) < 4.78 is 15.3. The molecular weight excluding hydrogens is 338 g/mol. The fraction of sp³-hybridized carbons (Fsp3) is 0.444. The van der Waals surface area contributed by atoms with Crippen LogP contribution in [-0.2, 0) is 11.2 Å². The van der Waals surface area contributed by atoms with Crippen molar-refractivity contribution in [1.29, 1.82) is 0 Å². The Balaban J connectivity index is 1.43. The highest BCUT2D eigenvalue weighted by Gasteiger charge is 2.30. The van der Waals surface area contributed by atoms with Crippen LogP contribution in [0.5, 0.6) is 11.5 Å². The second kappa shape index (κ2) is 6.78. The maximum Gasteiger partial charge on any atom is 0.231 e. The van der Waals surface area contributed by atoms with E-state index in [4.69, 9.17) is 9.47 Å². The number of hydrogen-bond donors (Lipinski definition) is 0. The Kier molecular flexibility index (Phi) is 4.32. The van der Waals surface area contributed by atoms with E-state index in [9.17, 15) is 9.59 Å². The average Bonchev–Trinajstić information content (AvgIpc) is 3.29. The maximum atomic E-state index is 12.9. The summed E-state index contributed by atoms with van der Waals surface area (Å²) in [7, 11) is 0. The van der Waals surface area contributed by atoms with Crippen LogP contribution in [0.4, 0.5) is 0 Å². The van der Waals surface area contributed by atoms with E-state index in [0.717, 1.165) is 12.8 Å². The SMILES string of the molecule is Cc1nonc1CC(=O)N1CCC[C@@H](C(=O)c2ccc3c(c2)OCO3)C1. The Morgan fingerprint density at radius 1 is 1.23 bits per heavy atom. The number of Topliss-reactive ketones (excluding diaryl/α,β-unsaturated/α-hetero) is 1. The maximum absolute atomic E-state index is 12.9. The van der Waals surface area contributed by atoms with Gasteiger partial charge in [-0.25, -0.2) is 4.63 Å². The number of fused-ring (bicyclic) bond motifs is 1. The van der Waals surface area contributed by atoms with Gasteiger partial charge in [-0.1, -0.05) is 10.3 Å². The third-order valence-electron chi connectivity index (χ3n) is 4.87. The number of nitrogens with zero attached hydrogens (tertiary/aromatic N) is 3. The van der Waals surface area contributed by atoms with Gasteiger partial charge in [0.15, 0.2) is 17.3 Å². The lowest BCUT2D eigenvalue weighted by atomic mass is 9.89. The summed E-state index contributed by atoms with van der Waals surface area (Å²) in [6.07, 6.45) is 1.70. The monoisotopic (exact) mass is 357 g/mol. The van der Waals surface area contributed by atoms with Crippen LogP contribution in [0.3, 0.4) is 0 Å². The Bertz CT molecular complexity index is 847. The number of carbonyl (C=O) groups excluding carboxylic acids is 2. The molecule has 0 N–H and O–H groups in total. The molecule has 2 aliphatic rings. The molecule has 0 unspecified atom stereocenters. The standard InChI is InChI=1S/C18H19N3O5/c1-11-14(20-26-19-11)8-17(22)21-6-2-3-13(9-21)18(23)12-4-5-15-16(7-12)25-10-24-15/h4-5,7,13H,2-3,6,8-10H2,1H3/t13-/m1/s1. The van der Waals surface area contributed by atoms with Crippen molar-refractivity contribution in [2.75, 3.05) is 19.9 Å². The first-order valence-corrected chi connectivity index (χ1v) is 8.61. The quantitative estimate of drug-likeness (QED) is 0.770. The van der Waals surface area contributed by atoms with Crippen LogP contribution in [-0.4, -0.2) is 46.8 Å². The van der Waals surface area contributed by atoms with E-state index >= 15 is 0 Å². The van der Waals surface area contributed by atoms with E-state index in [1.54, 1.807) is 30.0 Å². The molecule has 0 bridgehead atoms. The fourth-order valence-electron chi connectivity index (χ4n) is 3.37. The number of benzene rings is 1. The van der Waals surface area contributed by atoms with E-state index < -0.39 is 0 Å². The zero-order valence-electron chi connectivity index (χ0n) is 14.4. The molecule has 0 aliphatic carbocycles. The number of ether oxygens (including phenoxy) is 2. The molecule has 0 spiro atoms. The van der Waals surface area contributed by atoms with E-state index in [-0.39, 0.29) is 30.8 Å². The van der Waals surface area contributed by atoms with Gasteiger partial charge in [0.25, 0.3) is 0 Å². The Morgan fingerprint density at radius 3 is 2.88 bits per heavy atom. The number of aryl methyl sites for hydroxylation is 1. The Morgan fingerprint density at radius 2 is 2.08 bits per heavy atom. The van der Waals surface area contributed by atoms with Gasteiger partial charge >= 0.3 is 0 Å². The van der Waals surface area contributed by atoms with Crippen LogP contribution < -0.4 is 9.47 Å². The molecule has 2 aliphatic heterocycles. The molecule has 1 aromatic carbocycles. The van der Waals surface area contributed by atoms with Gasteiger partial charge in [0.2, 0.25) is 12.7 Å². The topological polar surface area (TPSA) is 94.8 Å². The zero-order chi connectivity index (χ0) is 18.1. The highest BCUT2D eigenvalue weighted by atomic mass is 16.7. The third kappa shape index (κ3) is 3.14. The first kappa shape index (κ1) is 16.6. The molecule has 0 saturated carbocycles. The Labute approximate surface area is 150 Å². The molecule has 3 heterocycles. The van der Waals surface area contributed by atoms with Crippen molar-refractivity contribution in [3.05, 3.63) is 35.2 Å². The molecule has 1 atom stereocenters. The number of likely N-dealkylation sites (tertiary alicyclic amines) is 1. The minimum Gasteiger partial charge on any atom is -0.454 e. The number of aromatic nitrogens is 2. The number of carbonyl (C=O) groups is 2. The molecule has 2 aromatic rings. The lowest BCUT2D eigenvalue weighted by Gasteiger charge is -2.32. The number of ketones is 1. The third-order valence-corrected chi connectivity index (χ3v) is 4.87. The number of piperidine rings is 1. The van der Waals surface area contributed by atoms with Gasteiger partial charge < -0.3 is 14.4 Å². The lowest BCUT2D eigenvalue weighted by Crippen LogP contribution is -2.43. The number of hydrogen-bond acceptors (Lipinski definition) is 7. The highest BCUT2D eigenvalue weighted by molar-refractivity contribution is 5.99. The normalized spacial score (nSPS) is 18.8. The second-order valence-electron chi connectivity index (χ2n) is 6.58. The van der Waals surface area contributed by atoms with Crippen LogP contribution >= 0.6 is 0 Å². The highest BCUT2D eigenvalue weighted by Crippen LogP contribution is 2.33. The molecule has 0 radical (unpaired) electrons. The first-order chi connectivity index (χ1) is 12.6. The van der Waals surface area contributed by atoms with Crippen molar-refractivity contribution in [2.24, 2.45) is 5.92 Å². The molecule has 1 aromatic heterocycles. The van der Waals surface area contributed by atoms with Gasteiger partial charge in [0.1, 0.15) is 11.4 Å². The summed E-state index contributed by atoms with van der Waals surface area (Å²) >= 11 is 0. The Hall–Kier alpha value is -2.90. The summed E-state index contributed by atoms with van der Waals surface area (Å²) in [6.45, 7) is 2.99. The predicted octanol–water partition coefficient (Wildman–Crippen LogP) is 1.77. The molecule has 136 valence electrons. The summed E-state index contributed by atoms with van der Waals surface area (Å²) in [5.41, 5.74) is 1.74. The minimum absolute atomic E-state index is 0.0279. The van der Waals surface area contributed by atoms with E-state index in [1.807, 2.05) is 0 Å². The number of rotatable bonds is 4. The van der Waals surface area contributed by atoms with Gasteiger partial charge in [-0.3, -0.25) is 9.59 Å². The fourth-order valence-corrected chi connectivity index (χ4v) is 3.37. The van der Waals surface area contributed by atoms with Crippen molar-refractivity contribution in [1.82, 2.24) is 15.2 Å². The summed E-state index contributed by atoms with van der Waals surface area (Å²) in [4.78, 5) is 27.1. The summed E-state index contributed by atoms with van der Waals surface area (Å²) in [5.74, 6) is 0.990. The van der Waals surface area contributed by atoms with Crippen LogP contribution in [0, 0.1) is 12.8 Å². The molecule has 1 fully saturated rings. The van der Waals surface area contributed by atoms with Gasteiger partial charge in [-0.05, 0) is 38.0 Å². The van der Waals surface area contributed by atoms with E-state index in [2.05, 4.69) is 14.9 Å². The zero-order valence-corrected chi connectivity index (χ0v) is 14.4. The van der Waals surface area contributed by atoms with Gasteiger partial charge in [0.05, 0.1) is 6.42 Å². The van der Waals surface area contributed by atoms with Gasteiger partial charge in [-0.2, -0.15) is 0 Å². The molecular formula is C18H19N3O5. The van der Waals surface area contributed by atoms with Crippen molar-refractivity contribution >= 4 is 11.7 Å². The summed E-state index contributed by atoms with van der Waals surface area (Å²) in [6, 6.07) is 5.22. The molecule has 1 saturated heterocycles. The minimum atomic E-state index is -0.218. The lowest BCUT2D eigenvalue weighted by molar-refractivity contribution is -0.132. The first-order valence-electron chi connectivity index (χ1n) is 8.61. The van der Waals surface area contributed by atoms with Gasteiger partial charge in [0, 0.05) is 24.6 Å². The molecule has 1 amide bonds. The van der Waals surface area contributed by atoms with E-state index in [1.165, 1.54) is 0 Å².